The molecule has 1 saturated carbocycles. The van der Waals surface area contributed by atoms with Gasteiger partial charge in [-0.3, -0.25) is 14.1 Å². The van der Waals surface area contributed by atoms with Gasteiger partial charge in [-0.1, -0.05) is 19.3 Å². The lowest BCUT2D eigenvalue weighted by atomic mass is 9.69. The molecular weight excluding hydrogens is 298 g/mol. The molecule has 0 spiro atoms. The number of carbonyl (C=O) groups excluding carboxylic acids is 1. The molecule has 1 fully saturated rings. The fraction of sp³-hybridized carbons (Fsp3) is 0.846. The summed E-state index contributed by atoms with van der Waals surface area (Å²) in [7, 11) is -4.01. The number of hydrogen-bond donors (Lipinski definition) is 3. The molecule has 0 atom stereocenters. The van der Waals surface area contributed by atoms with Gasteiger partial charge >= 0.3 is 5.97 Å². The molecule has 0 unspecified atom stereocenters. The second-order valence-electron chi connectivity index (χ2n) is 5.80. The van der Waals surface area contributed by atoms with Crippen molar-refractivity contribution in [2.45, 2.75) is 51.4 Å². The van der Waals surface area contributed by atoms with Crippen molar-refractivity contribution in [3.05, 3.63) is 0 Å². The Kier molecular flexibility index (Phi) is 6.60. The molecular formula is C13H23NO6S. The van der Waals surface area contributed by atoms with Gasteiger partial charge in [0.25, 0.3) is 10.1 Å². The molecule has 0 aromatic carbocycles. The summed E-state index contributed by atoms with van der Waals surface area (Å²) in [6.45, 7) is 0.155. The maximum atomic E-state index is 11.9. The predicted octanol–water partition coefficient (Wildman–Crippen LogP) is 1.20. The topological polar surface area (TPSA) is 121 Å². The van der Waals surface area contributed by atoms with Crippen LogP contribution in [0.5, 0.6) is 0 Å². The SMILES string of the molecule is O=C(O)CC1(CC(=O)NCCCS(=O)(=O)O)CCCCC1. The van der Waals surface area contributed by atoms with Crippen LogP contribution in [0.2, 0.25) is 0 Å². The molecule has 0 aromatic rings. The molecule has 0 bridgehead atoms. The van der Waals surface area contributed by atoms with Crippen LogP contribution in [-0.4, -0.2) is 42.3 Å². The third kappa shape index (κ3) is 7.42. The Morgan fingerprint density at radius 1 is 1.10 bits per heavy atom. The Labute approximate surface area is 124 Å². The molecule has 1 amide bonds. The molecule has 0 radical (unpaired) electrons. The minimum atomic E-state index is -4.01. The van der Waals surface area contributed by atoms with Crippen molar-refractivity contribution in [1.82, 2.24) is 5.32 Å². The van der Waals surface area contributed by atoms with Crippen LogP contribution in [0.4, 0.5) is 0 Å². The van der Waals surface area contributed by atoms with Gasteiger partial charge in [0.1, 0.15) is 0 Å². The molecule has 3 N–H and O–H groups in total. The number of carbonyl (C=O) groups is 2. The summed E-state index contributed by atoms with van der Waals surface area (Å²) in [6.07, 6.45) is 4.69. The van der Waals surface area contributed by atoms with E-state index < -0.39 is 27.3 Å². The smallest absolute Gasteiger partial charge is 0.303 e. The van der Waals surface area contributed by atoms with E-state index >= 15 is 0 Å². The molecule has 0 aromatic heterocycles. The fourth-order valence-corrected chi connectivity index (χ4v) is 3.43. The van der Waals surface area contributed by atoms with Gasteiger partial charge in [-0.2, -0.15) is 8.42 Å². The first-order chi connectivity index (χ1) is 9.72. The van der Waals surface area contributed by atoms with Gasteiger partial charge in [0.15, 0.2) is 0 Å². The summed E-state index contributed by atoms with van der Waals surface area (Å²) in [5.74, 6) is -1.54. The van der Waals surface area contributed by atoms with Gasteiger partial charge in [-0.15, -0.1) is 0 Å². The molecule has 0 saturated heterocycles. The summed E-state index contributed by atoms with van der Waals surface area (Å²) < 4.78 is 29.7. The fourth-order valence-electron chi connectivity index (χ4n) is 2.92. The highest BCUT2D eigenvalue weighted by atomic mass is 32.2. The third-order valence-electron chi connectivity index (χ3n) is 3.88. The number of hydrogen-bond acceptors (Lipinski definition) is 4. The first-order valence-corrected chi connectivity index (χ1v) is 8.77. The first kappa shape index (κ1) is 17.9. The Morgan fingerprint density at radius 3 is 2.24 bits per heavy atom. The Hall–Kier alpha value is -1.15. The lowest BCUT2D eigenvalue weighted by Crippen LogP contribution is -2.35. The molecule has 7 nitrogen and oxygen atoms in total. The van der Waals surface area contributed by atoms with Crippen LogP contribution in [0.3, 0.4) is 0 Å². The Morgan fingerprint density at radius 2 is 1.71 bits per heavy atom. The van der Waals surface area contributed by atoms with E-state index in [0.29, 0.717) is 0 Å². The summed E-state index contributed by atoms with van der Waals surface area (Å²) in [5.41, 5.74) is -0.475. The van der Waals surface area contributed by atoms with Crippen molar-refractivity contribution in [3.8, 4) is 0 Å². The van der Waals surface area contributed by atoms with E-state index in [9.17, 15) is 18.0 Å². The van der Waals surface area contributed by atoms with Crippen LogP contribution >= 0.6 is 0 Å². The van der Waals surface area contributed by atoms with Crippen molar-refractivity contribution in [1.29, 1.82) is 0 Å². The summed E-state index contributed by atoms with van der Waals surface area (Å²) >= 11 is 0. The summed E-state index contributed by atoms with van der Waals surface area (Å²) in [6, 6.07) is 0. The van der Waals surface area contributed by atoms with Gasteiger partial charge in [-0.05, 0) is 24.7 Å². The van der Waals surface area contributed by atoms with Crippen LogP contribution in [0.1, 0.15) is 51.4 Å². The van der Waals surface area contributed by atoms with Crippen LogP contribution in [-0.2, 0) is 19.7 Å². The maximum absolute atomic E-state index is 11.9. The van der Waals surface area contributed by atoms with Gasteiger partial charge in [0.05, 0.1) is 12.2 Å². The largest absolute Gasteiger partial charge is 0.481 e. The summed E-state index contributed by atoms with van der Waals surface area (Å²) in [5, 5.41) is 11.6. The van der Waals surface area contributed by atoms with E-state index in [1.165, 1.54) is 0 Å². The van der Waals surface area contributed by atoms with Gasteiger partial charge in [0, 0.05) is 13.0 Å². The average molecular weight is 321 g/mol. The normalized spacial score (nSPS) is 18.1. The molecule has 1 rings (SSSR count). The van der Waals surface area contributed by atoms with Crippen molar-refractivity contribution >= 4 is 22.0 Å². The standard InChI is InChI=1S/C13H23NO6S/c15-11(14-7-4-8-21(18,19)20)9-13(10-12(16)17)5-2-1-3-6-13/h1-10H2,(H,14,15)(H,16,17)(H,18,19,20). The zero-order valence-corrected chi connectivity index (χ0v) is 12.8. The van der Waals surface area contributed by atoms with Crippen molar-refractivity contribution < 1.29 is 27.7 Å². The first-order valence-electron chi connectivity index (χ1n) is 7.16. The predicted molar refractivity (Wildman–Crippen MR) is 76.4 cm³/mol. The maximum Gasteiger partial charge on any atom is 0.303 e. The van der Waals surface area contributed by atoms with Gasteiger partial charge in [0.2, 0.25) is 5.91 Å². The lowest BCUT2D eigenvalue weighted by Gasteiger charge is -2.35. The van der Waals surface area contributed by atoms with Crippen molar-refractivity contribution in [2.75, 3.05) is 12.3 Å². The molecule has 21 heavy (non-hydrogen) atoms. The quantitative estimate of drug-likeness (QED) is 0.456. The van der Waals surface area contributed by atoms with Crippen molar-refractivity contribution in [2.24, 2.45) is 5.41 Å². The van der Waals surface area contributed by atoms with Gasteiger partial charge < -0.3 is 10.4 Å². The van der Waals surface area contributed by atoms with E-state index in [4.69, 9.17) is 9.66 Å². The third-order valence-corrected chi connectivity index (χ3v) is 4.68. The van der Waals surface area contributed by atoms with E-state index in [0.717, 1.165) is 32.1 Å². The van der Waals surface area contributed by atoms with Gasteiger partial charge in [-0.25, -0.2) is 0 Å². The Balaban J connectivity index is 2.43. The number of aliphatic carboxylic acids is 1. The van der Waals surface area contributed by atoms with E-state index in [-0.39, 0.29) is 31.7 Å². The Bertz CT molecular complexity index is 467. The number of nitrogens with one attached hydrogen (secondary N) is 1. The second-order valence-corrected chi connectivity index (χ2v) is 7.37. The molecule has 1 aliphatic rings. The lowest BCUT2D eigenvalue weighted by molar-refractivity contribution is -0.141. The highest BCUT2D eigenvalue weighted by Crippen LogP contribution is 2.42. The number of amides is 1. The minimum Gasteiger partial charge on any atom is -0.481 e. The summed E-state index contributed by atoms with van der Waals surface area (Å²) in [4.78, 5) is 22.9. The molecule has 122 valence electrons. The second kappa shape index (κ2) is 7.74. The molecule has 8 heteroatoms. The number of carboxylic acids is 1. The van der Waals surface area contributed by atoms with E-state index in [1.807, 2.05) is 0 Å². The minimum absolute atomic E-state index is 0.00849. The molecule has 0 heterocycles. The monoisotopic (exact) mass is 321 g/mol. The van der Waals surface area contributed by atoms with Crippen LogP contribution in [0.15, 0.2) is 0 Å². The van der Waals surface area contributed by atoms with E-state index in [1.54, 1.807) is 0 Å². The van der Waals surface area contributed by atoms with Crippen LogP contribution in [0.25, 0.3) is 0 Å². The van der Waals surface area contributed by atoms with Crippen LogP contribution < -0.4 is 5.32 Å². The van der Waals surface area contributed by atoms with Crippen LogP contribution in [0, 0.1) is 5.41 Å². The average Bonchev–Trinajstić information content (AvgIpc) is 2.33. The zero-order chi connectivity index (χ0) is 15.9. The van der Waals surface area contributed by atoms with Crippen molar-refractivity contribution in [3.63, 3.8) is 0 Å². The highest BCUT2D eigenvalue weighted by molar-refractivity contribution is 7.85. The number of carboxylic acid groups (broad SMARTS) is 1. The highest BCUT2D eigenvalue weighted by Gasteiger charge is 2.36. The number of rotatable bonds is 8. The molecule has 0 aliphatic heterocycles. The van der Waals surface area contributed by atoms with E-state index in [2.05, 4.69) is 5.32 Å². The molecule has 1 aliphatic carbocycles. The zero-order valence-electron chi connectivity index (χ0n) is 12.0.